The van der Waals surface area contributed by atoms with Crippen LogP contribution in [0, 0.1) is 0 Å². The lowest BCUT2D eigenvalue weighted by Gasteiger charge is -2.11. The zero-order chi connectivity index (χ0) is 19.2. The fourth-order valence-electron chi connectivity index (χ4n) is 2.16. The molecule has 0 radical (unpaired) electrons. The average molecular weight is 378 g/mol. The van der Waals surface area contributed by atoms with E-state index >= 15 is 0 Å². The summed E-state index contributed by atoms with van der Waals surface area (Å²) in [5, 5.41) is 0. The monoisotopic (exact) mass is 378 g/mol. The maximum atomic E-state index is 5.61. The molecule has 0 spiro atoms. The number of ether oxygens (including phenoxy) is 7. The first-order chi connectivity index (χ1) is 13.3. The smallest absolute Gasteiger partial charge is 0.191 e. The second-order valence-electron chi connectivity index (χ2n) is 5.25. The molecule has 0 saturated carbocycles. The Kier molecular flexibility index (Phi) is 9.88. The Hall–Kier alpha value is -2.48. The molecule has 27 heavy (non-hydrogen) atoms. The quantitative estimate of drug-likeness (QED) is 0.370. The Morgan fingerprint density at radius 3 is 1.67 bits per heavy atom. The maximum Gasteiger partial charge on any atom is 0.191 e. The molecule has 0 aliphatic rings. The minimum atomic E-state index is 0.0774. The van der Waals surface area contributed by atoms with Crippen LogP contribution in [0.15, 0.2) is 48.5 Å². The third-order valence-corrected chi connectivity index (χ3v) is 3.46. The summed E-state index contributed by atoms with van der Waals surface area (Å²) >= 11 is 0. The summed E-state index contributed by atoms with van der Waals surface area (Å²) in [6, 6.07) is 14.9. The van der Waals surface area contributed by atoms with Gasteiger partial charge in [0.2, 0.25) is 0 Å². The van der Waals surface area contributed by atoms with E-state index in [1.165, 1.54) is 0 Å². The molecular formula is C20H26O7. The van der Waals surface area contributed by atoms with Crippen LogP contribution < -0.4 is 18.9 Å². The van der Waals surface area contributed by atoms with Crippen molar-refractivity contribution in [2.24, 2.45) is 0 Å². The first kappa shape index (κ1) is 20.8. The van der Waals surface area contributed by atoms with Gasteiger partial charge < -0.3 is 33.2 Å². The van der Waals surface area contributed by atoms with Gasteiger partial charge in [0.05, 0.1) is 34.0 Å². The van der Waals surface area contributed by atoms with E-state index < -0.39 is 0 Å². The van der Waals surface area contributed by atoms with Crippen LogP contribution >= 0.6 is 0 Å². The van der Waals surface area contributed by atoms with Gasteiger partial charge in [-0.25, -0.2) is 0 Å². The van der Waals surface area contributed by atoms with Gasteiger partial charge in [0.15, 0.2) is 36.6 Å². The van der Waals surface area contributed by atoms with Gasteiger partial charge in [-0.15, -0.1) is 0 Å². The second-order valence-corrected chi connectivity index (χ2v) is 5.25. The topological polar surface area (TPSA) is 64.6 Å². The predicted molar refractivity (Wildman–Crippen MR) is 99.7 cm³/mol. The van der Waals surface area contributed by atoms with Crippen LogP contribution in [0.1, 0.15) is 0 Å². The molecule has 0 saturated heterocycles. The van der Waals surface area contributed by atoms with E-state index in [2.05, 4.69) is 0 Å². The highest BCUT2D eigenvalue weighted by Crippen LogP contribution is 2.26. The van der Waals surface area contributed by atoms with Crippen molar-refractivity contribution in [2.45, 2.75) is 0 Å². The number of para-hydroxylation sites is 4. The van der Waals surface area contributed by atoms with Gasteiger partial charge in [-0.2, -0.15) is 0 Å². The van der Waals surface area contributed by atoms with Gasteiger partial charge in [-0.05, 0) is 24.3 Å². The average Bonchev–Trinajstić information content (AvgIpc) is 2.72. The molecule has 0 N–H and O–H groups in total. The fourth-order valence-corrected chi connectivity index (χ4v) is 2.16. The largest absolute Gasteiger partial charge is 0.493 e. The first-order valence-electron chi connectivity index (χ1n) is 8.60. The minimum Gasteiger partial charge on any atom is -0.493 e. The van der Waals surface area contributed by atoms with Crippen LogP contribution in [-0.2, 0) is 14.2 Å². The summed E-state index contributed by atoms with van der Waals surface area (Å²) in [7, 11) is 3.20. The molecule has 0 aliphatic heterocycles. The molecule has 0 bridgehead atoms. The molecule has 0 heterocycles. The molecular weight excluding hydrogens is 352 g/mol. The van der Waals surface area contributed by atoms with Crippen molar-refractivity contribution in [2.75, 3.05) is 54.2 Å². The SMILES string of the molecule is COc1ccccc1OCCOCCOCOCOc1ccccc1OC. The summed E-state index contributed by atoms with van der Waals surface area (Å²) in [4.78, 5) is 0. The number of rotatable bonds is 14. The number of methoxy groups -OCH3 is 2. The lowest BCUT2D eigenvalue weighted by molar-refractivity contribution is -0.108. The molecule has 7 heteroatoms. The van der Waals surface area contributed by atoms with E-state index in [4.69, 9.17) is 33.2 Å². The summed E-state index contributed by atoms with van der Waals surface area (Å²) in [6.45, 7) is 1.96. The molecule has 7 nitrogen and oxygen atoms in total. The van der Waals surface area contributed by atoms with Gasteiger partial charge in [0.25, 0.3) is 0 Å². The highest BCUT2D eigenvalue weighted by atomic mass is 16.7. The van der Waals surface area contributed by atoms with Crippen molar-refractivity contribution in [1.82, 2.24) is 0 Å². The van der Waals surface area contributed by atoms with Crippen molar-refractivity contribution >= 4 is 0 Å². The van der Waals surface area contributed by atoms with Crippen LogP contribution in [-0.4, -0.2) is 54.2 Å². The molecule has 2 aromatic carbocycles. The van der Waals surface area contributed by atoms with Gasteiger partial charge in [0, 0.05) is 0 Å². The molecule has 0 aromatic heterocycles. The van der Waals surface area contributed by atoms with Crippen molar-refractivity contribution in [3.8, 4) is 23.0 Å². The van der Waals surface area contributed by atoms with E-state index in [-0.39, 0.29) is 13.6 Å². The normalized spacial score (nSPS) is 10.4. The van der Waals surface area contributed by atoms with Crippen molar-refractivity contribution in [1.29, 1.82) is 0 Å². The molecule has 0 amide bonds. The third kappa shape index (κ3) is 7.74. The van der Waals surface area contributed by atoms with Gasteiger partial charge >= 0.3 is 0 Å². The Balaban J connectivity index is 1.44. The van der Waals surface area contributed by atoms with Gasteiger partial charge in [0.1, 0.15) is 6.61 Å². The van der Waals surface area contributed by atoms with Crippen molar-refractivity contribution in [3.05, 3.63) is 48.5 Å². The molecule has 0 aliphatic carbocycles. The Labute approximate surface area is 159 Å². The fraction of sp³-hybridized carbons (Fsp3) is 0.400. The van der Waals surface area contributed by atoms with Crippen molar-refractivity contribution < 1.29 is 33.2 Å². The van der Waals surface area contributed by atoms with Crippen molar-refractivity contribution in [3.63, 3.8) is 0 Å². The van der Waals surface area contributed by atoms with Crippen LogP contribution in [0.3, 0.4) is 0 Å². The van der Waals surface area contributed by atoms with E-state index in [9.17, 15) is 0 Å². The number of hydrogen-bond acceptors (Lipinski definition) is 7. The van der Waals surface area contributed by atoms with E-state index in [0.717, 1.165) is 0 Å². The molecule has 0 atom stereocenters. The lowest BCUT2D eigenvalue weighted by Crippen LogP contribution is -2.13. The Bertz CT molecular complexity index is 592. The molecule has 148 valence electrons. The molecule has 0 unspecified atom stereocenters. The molecule has 2 aromatic rings. The Morgan fingerprint density at radius 2 is 1.04 bits per heavy atom. The van der Waals surface area contributed by atoms with E-state index in [1.807, 2.05) is 48.5 Å². The van der Waals surface area contributed by atoms with Crippen LogP contribution in [0.2, 0.25) is 0 Å². The summed E-state index contributed by atoms with van der Waals surface area (Å²) < 4.78 is 37.5. The molecule has 2 rings (SSSR count). The van der Waals surface area contributed by atoms with Crippen LogP contribution in [0.4, 0.5) is 0 Å². The lowest BCUT2D eigenvalue weighted by atomic mass is 10.3. The second kappa shape index (κ2) is 12.8. The van der Waals surface area contributed by atoms with Crippen LogP contribution in [0.25, 0.3) is 0 Å². The first-order valence-corrected chi connectivity index (χ1v) is 8.60. The van der Waals surface area contributed by atoms with Gasteiger partial charge in [-0.1, -0.05) is 24.3 Å². The standard InChI is InChI=1S/C20H26O7/c1-21-17-7-3-5-9-19(17)26-14-13-23-11-12-24-15-25-16-27-20-10-6-4-8-18(20)22-2/h3-10H,11-16H2,1-2H3. The zero-order valence-electron chi connectivity index (χ0n) is 15.7. The number of hydrogen-bond donors (Lipinski definition) is 0. The maximum absolute atomic E-state index is 5.61. The molecule has 0 fully saturated rings. The van der Waals surface area contributed by atoms with Crippen LogP contribution in [0.5, 0.6) is 23.0 Å². The minimum absolute atomic E-state index is 0.0774. The summed E-state index contributed by atoms with van der Waals surface area (Å²) in [5.41, 5.74) is 0. The summed E-state index contributed by atoms with van der Waals surface area (Å²) in [5.74, 6) is 2.68. The number of benzene rings is 2. The third-order valence-electron chi connectivity index (χ3n) is 3.46. The highest BCUT2D eigenvalue weighted by molar-refractivity contribution is 5.39. The predicted octanol–water partition coefficient (Wildman–Crippen LogP) is 3.13. The highest BCUT2D eigenvalue weighted by Gasteiger charge is 2.03. The summed E-state index contributed by atoms with van der Waals surface area (Å²) in [6.07, 6.45) is 0. The van der Waals surface area contributed by atoms with Gasteiger partial charge in [-0.3, -0.25) is 0 Å². The zero-order valence-corrected chi connectivity index (χ0v) is 15.7. The van der Waals surface area contributed by atoms with E-state index in [1.54, 1.807) is 14.2 Å². The Morgan fingerprint density at radius 1 is 0.519 bits per heavy atom. The van der Waals surface area contributed by atoms with E-state index in [0.29, 0.717) is 49.4 Å².